The van der Waals surface area contributed by atoms with Gasteiger partial charge in [0.1, 0.15) is 11.2 Å². The van der Waals surface area contributed by atoms with E-state index in [0.29, 0.717) is 0 Å². The Balaban J connectivity index is 1.26. The molecule has 1 aliphatic rings. The number of fused-ring (bicyclic) bond motifs is 7. The fourth-order valence-electron chi connectivity index (χ4n) is 7.43. The number of rotatable bonds is 5. The number of nitrogens with one attached hydrogen (secondary N) is 1. The molecule has 49 heavy (non-hydrogen) atoms. The van der Waals surface area contributed by atoms with Crippen LogP contribution in [0.3, 0.4) is 0 Å². The van der Waals surface area contributed by atoms with Crippen molar-refractivity contribution in [1.82, 2.24) is 4.40 Å². The SMILES string of the molecule is NC1C=CC=C/C1=N/c1cn2c3ccc4oc5ccccc5c4c3c3cc(-c4ccc(Nc5ccccc5)c(-c5ccccc5)c4)cc1c32. The highest BCUT2D eigenvalue weighted by Crippen LogP contribution is 2.46. The predicted octanol–water partition coefficient (Wildman–Crippen LogP) is 11.2. The van der Waals surface area contributed by atoms with Gasteiger partial charge in [-0.25, -0.2) is 4.99 Å². The maximum Gasteiger partial charge on any atom is 0.136 e. The Hall–Kier alpha value is -6.43. The van der Waals surface area contributed by atoms with Gasteiger partial charge in [0, 0.05) is 50.1 Å². The van der Waals surface area contributed by atoms with Gasteiger partial charge in [-0.15, -0.1) is 0 Å². The zero-order chi connectivity index (χ0) is 32.5. The van der Waals surface area contributed by atoms with E-state index in [-0.39, 0.29) is 6.04 Å². The van der Waals surface area contributed by atoms with Crippen molar-refractivity contribution < 1.29 is 4.42 Å². The first kappa shape index (κ1) is 27.7. The number of aliphatic imine (C=N–C) groups is 1. The van der Waals surface area contributed by atoms with Crippen molar-refractivity contribution in [1.29, 1.82) is 0 Å². The molecule has 0 spiro atoms. The Bertz CT molecular complexity index is 2800. The van der Waals surface area contributed by atoms with E-state index in [1.807, 2.05) is 42.5 Å². The van der Waals surface area contributed by atoms with Gasteiger partial charge in [-0.05, 0) is 77.4 Å². The third-order valence-electron chi connectivity index (χ3n) is 9.71. The predicted molar refractivity (Wildman–Crippen MR) is 205 cm³/mol. The van der Waals surface area contributed by atoms with Crippen LogP contribution in [0, 0.1) is 0 Å². The average molecular weight is 631 g/mol. The van der Waals surface area contributed by atoms with Crippen molar-refractivity contribution in [3.8, 4) is 22.3 Å². The normalized spacial score (nSPS) is 15.5. The van der Waals surface area contributed by atoms with Gasteiger partial charge in [-0.1, -0.05) is 91.0 Å². The number of nitrogens with zero attached hydrogens (tertiary/aromatic N) is 2. The van der Waals surface area contributed by atoms with Gasteiger partial charge in [0.25, 0.3) is 0 Å². The summed E-state index contributed by atoms with van der Waals surface area (Å²) in [6.07, 6.45) is 10.1. The van der Waals surface area contributed by atoms with Crippen LogP contribution in [0.15, 0.2) is 167 Å². The van der Waals surface area contributed by atoms with Crippen LogP contribution in [0.4, 0.5) is 17.1 Å². The molecule has 0 saturated heterocycles. The number of allylic oxidation sites excluding steroid dienone is 2. The monoisotopic (exact) mass is 630 g/mol. The number of hydrogen-bond acceptors (Lipinski definition) is 4. The maximum absolute atomic E-state index is 6.47. The molecule has 3 aromatic heterocycles. The van der Waals surface area contributed by atoms with Crippen molar-refractivity contribution in [3.63, 3.8) is 0 Å². The van der Waals surface area contributed by atoms with Gasteiger partial charge in [-0.3, -0.25) is 0 Å². The summed E-state index contributed by atoms with van der Waals surface area (Å²) < 4.78 is 8.65. The molecule has 3 N–H and O–H groups in total. The van der Waals surface area contributed by atoms with E-state index in [1.54, 1.807) is 0 Å². The molecule has 10 rings (SSSR count). The molecule has 5 nitrogen and oxygen atoms in total. The van der Waals surface area contributed by atoms with E-state index in [9.17, 15) is 0 Å². The number of benzene rings is 6. The Morgan fingerprint density at radius 2 is 1.45 bits per heavy atom. The molecule has 6 aromatic carbocycles. The van der Waals surface area contributed by atoms with Crippen molar-refractivity contribution in [3.05, 3.63) is 158 Å². The minimum Gasteiger partial charge on any atom is -0.456 e. The molecule has 1 aliphatic carbocycles. The smallest absolute Gasteiger partial charge is 0.136 e. The highest BCUT2D eigenvalue weighted by Gasteiger charge is 2.22. The quantitative estimate of drug-likeness (QED) is 0.199. The van der Waals surface area contributed by atoms with E-state index in [4.69, 9.17) is 15.1 Å². The molecular weight excluding hydrogens is 601 g/mol. The molecule has 0 amide bonds. The first-order valence-corrected chi connectivity index (χ1v) is 16.5. The topological polar surface area (TPSA) is 68.0 Å². The highest BCUT2D eigenvalue weighted by molar-refractivity contribution is 6.30. The van der Waals surface area contributed by atoms with Gasteiger partial charge < -0.3 is 19.9 Å². The lowest BCUT2D eigenvalue weighted by atomic mass is 9.95. The Kier molecular flexibility index (Phi) is 6.10. The number of hydrogen-bond donors (Lipinski definition) is 2. The minimum atomic E-state index is -0.253. The standard InChI is InChI=1S/C44H30N4O/c45-35-16-8-9-17-37(35)47-38-26-48-39-21-22-41-43(31-15-7-10-18-40(31)49-41)42(39)34-25-29(24-33(38)44(34)48)28-19-20-36(46-30-13-5-2-6-14-30)32(23-28)27-11-3-1-4-12-27/h1-26,35,46H,45H2/b47-37-. The Labute approximate surface area is 282 Å². The second-order valence-corrected chi connectivity index (χ2v) is 12.7. The summed E-state index contributed by atoms with van der Waals surface area (Å²) in [4.78, 5) is 5.16. The summed E-state index contributed by atoms with van der Waals surface area (Å²) in [5, 5.41) is 9.35. The molecule has 1 atom stereocenters. The average Bonchev–Trinajstić information content (AvgIpc) is 3.81. The van der Waals surface area contributed by atoms with Gasteiger partial charge in [-0.2, -0.15) is 0 Å². The van der Waals surface area contributed by atoms with E-state index in [1.165, 1.54) is 10.8 Å². The Morgan fingerprint density at radius 3 is 2.31 bits per heavy atom. The van der Waals surface area contributed by atoms with E-state index in [0.717, 1.165) is 83.4 Å². The van der Waals surface area contributed by atoms with E-state index < -0.39 is 0 Å². The summed E-state index contributed by atoms with van der Waals surface area (Å²) in [6, 6.07) is 44.5. The van der Waals surface area contributed by atoms with Gasteiger partial charge in [0.2, 0.25) is 0 Å². The van der Waals surface area contributed by atoms with Crippen molar-refractivity contribution in [2.45, 2.75) is 6.04 Å². The summed E-state index contributed by atoms with van der Waals surface area (Å²) >= 11 is 0. The molecule has 0 bridgehead atoms. The molecule has 3 heterocycles. The lowest BCUT2D eigenvalue weighted by molar-refractivity contribution is 0.669. The summed E-state index contributed by atoms with van der Waals surface area (Å²) in [5.41, 5.74) is 18.9. The molecule has 0 aliphatic heterocycles. The van der Waals surface area contributed by atoms with Crippen LogP contribution in [0.5, 0.6) is 0 Å². The van der Waals surface area contributed by atoms with Crippen LogP contribution < -0.4 is 11.1 Å². The third kappa shape index (κ3) is 4.40. The van der Waals surface area contributed by atoms with Crippen molar-refractivity contribution in [2.75, 3.05) is 5.32 Å². The number of furan rings is 1. The minimum absolute atomic E-state index is 0.253. The lowest BCUT2D eigenvalue weighted by Crippen LogP contribution is -2.27. The largest absolute Gasteiger partial charge is 0.456 e. The molecule has 0 fully saturated rings. The van der Waals surface area contributed by atoms with Crippen molar-refractivity contribution in [2.24, 2.45) is 10.7 Å². The van der Waals surface area contributed by atoms with Crippen molar-refractivity contribution >= 4 is 71.9 Å². The van der Waals surface area contributed by atoms with Crippen LogP contribution in [0.2, 0.25) is 0 Å². The van der Waals surface area contributed by atoms with Crippen LogP contribution >= 0.6 is 0 Å². The molecule has 232 valence electrons. The van der Waals surface area contributed by atoms with Gasteiger partial charge in [0.15, 0.2) is 0 Å². The lowest BCUT2D eigenvalue weighted by Gasteiger charge is -2.15. The molecule has 0 radical (unpaired) electrons. The van der Waals surface area contributed by atoms with Gasteiger partial charge in [0.05, 0.1) is 28.5 Å². The fraction of sp³-hybridized carbons (Fsp3) is 0.0227. The summed E-state index contributed by atoms with van der Waals surface area (Å²) in [6.45, 7) is 0. The zero-order valence-electron chi connectivity index (χ0n) is 26.5. The third-order valence-corrected chi connectivity index (χ3v) is 9.71. The summed E-state index contributed by atoms with van der Waals surface area (Å²) in [7, 11) is 0. The summed E-state index contributed by atoms with van der Waals surface area (Å²) in [5.74, 6) is 0. The zero-order valence-corrected chi connectivity index (χ0v) is 26.5. The second-order valence-electron chi connectivity index (χ2n) is 12.7. The number of aromatic nitrogens is 1. The highest BCUT2D eigenvalue weighted by atomic mass is 16.3. The molecule has 9 aromatic rings. The van der Waals surface area contributed by atoms with Crippen LogP contribution in [0.1, 0.15) is 0 Å². The number of anilines is 2. The molecule has 5 heteroatoms. The van der Waals surface area contributed by atoms with Crippen LogP contribution in [-0.2, 0) is 0 Å². The second kappa shape index (κ2) is 10.8. The van der Waals surface area contributed by atoms with Crippen LogP contribution in [-0.4, -0.2) is 16.2 Å². The molecular formula is C44H30N4O. The molecule has 0 saturated carbocycles. The first-order chi connectivity index (χ1) is 24.2. The van der Waals surface area contributed by atoms with Gasteiger partial charge >= 0.3 is 0 Å². The number of nitrogens with two attached hydrogens (primary N) is 1. The fourth-order valence-corrected chi connectivity index (χ4v) is 7.43. The first-order valence-electron chi connectivity index (χ1n) is 16.5. The van der Waals surface area contributed by atoms with E-state index >= 15 is 0 Å². The molecule has 1 unspecified atom stereocenters. The van der Waals surface area contributed by atoms with E-state index in [2.05, 4.69) is 125 Å². The maximum atomic E-state index is 6.47. The Morgan fingerprint density at radius 1 is 0.653 bits per heavy atom. The number of para-hydroxylation sites is 2. The van der Waals surface area contributed by atoms with Crippen LogP contribution in [0.25, 0.3) is 71.4 Å².